The monoisotopic (exact) mass is 395 g/mol. The maximum Gasteiger partial charge on any atom is 0.233 e. The van der Waals surface area contributed by atoms with Crippen molar-refractivity contribution in [2.45, 2.75) is 0 Å². The first-order valence-electron chi connectivity index (χ1n) is 5.38. The molecule has 0 fully saturated rings. The standard InChI is InChI=1S/C11H9BrCl3N5/c1-20(2)11-18-9(15)17-10(19-11)16-6-4-3-5(12)7(13)8(6)14/h3-4H,1-2H3,(H,16,17,18,19). The molecule has 0 atom stereocenters. The second kappa shape index (κ2) is 6.30. The zero-order valence-electron chi connectivity index (χ0n) is 10.5. The number of nitrogens with one attached hydrogen (secondary N) is 1. The molecular weight excluding hydrogens is 388 g/mol. The third-order valence-electron chi connectivity index (χ3n) is 2.28. The molecule has 5 nitrogen and oxygen atoms in total. The Hall–Kier alpha value is -0.820. The van der Waals surface area contributed by atoms with Crippen LogP contribution in [0.4, 0.5) is 17.6 Å². The van der Waals surface area contributed by atoms with Gasteiger partial charge in [-0.25, -0.2) is 0 Å². The van der Waals surface area contributed by atoms with Gasteiger partial charge in [0.2, 0.25) is 17.2 Å². The van der Waals surface area contributed by atoms with Crippen LogP contribution < -0.4 is 10.2 Å². The molecule has 0 saturated heterocycles. The molecule has 0 radical (unpaired) electrons. The van der Waals surface area contributed by atoms with Crippen molar-refractivity contribution in [1.29, 1.82) is 0 Å². The molecule has 9 heteroatoms. The maximum atomic E-state index is 6.15. The van der Waals surface area contributed by atoms with Gasteiger partial charge >= 0.3 is 0 Å². The van der Waals surface area contributed by atoms with E-state index in [0.717, 1.165) is 0 Å². The molecule has 0 bridgehead atoms. The van der Waals surface area contributed by atoms with Crippen LogP contribution in [0.1, 0.15) is 0 Å². The highest BCUT2D eigenvalue weighted by Crippen LogP contribution is 2.36. The summed E-state index contributed by atoms with van der Waals surface area (Å²) in [5, 5.41) is 3.83. The second-order valence-electron chi connectivity index (χ2n) is 3.97. The minimum atomic E-state index is 0.0885. The van der Waals surface area contributed by atoms with Gasteiger partial charge < -0.3 is 10.2 Å². The molecule has 0 aliphatic heterocycles. The Bertz CT molecular complexity index is 650. The molecule has 0 amide bonds. The summed E-state index contributed by atoms with van der Waals surface area (Å²) in [5.74, 6) is 0.723. The Morgan fingerprint density at radius 2 is 1.75 bits per heavy atom. The van der Waals surface area contributed by atoms with Crippen LogP contribution in [-0.4, -0.2) is 29.0 Å². The van der Waals surface area contributed by atoms with Crippen molar-refractivity contribution in [1.82, 2.24) is 15.0 Å². The van der Waals surface area contributed by atoms with Crippen molar-refractivity contribution >= 4 is 68.3 Å². The molecular formula is C11H9BrCl3N5. The first kappa shape index (κ1) is 15.6. The lowest BCUT2D eigenvalue weighted by atomic mass is 10.3. The Morgan fingerprint density at radius 1 is 1.05 bits per heavy atom. The predicted molar refractivity (Wildman–Crippen MR) is 86.6 cm³/mol. The van der Waals surface area contributed by atoms with Crippen LogP contribution in [-0.2, 0) is 0 Å². The zero-order valence-corrected chi connectivity index (χ0v) is 14.3. The van der Waals surface area contributed by atoms with Gasteiger partial charge in [0.25, 0.3) is 0 Å². The smallest absolute Gasteiger partial charge is 0.233 e. The highest BCUT2D eigenvalue weighted by Gasteiger charge is 2.12. The normalized spacial score (nSPS) is 10.5. The number of halogens is 4. The molecule has 2 aromatic rings. The average Bonchev–Trinajstić information content (AvgIpc) is 2.39. The van der Waals surface area contributed by atoms with Gasteiger partial charge in [-0.2, -0.15) is 15.0 Å². The van der Waals surface area contributed by atoms with Gasteiger partial charge in [-0.1, -0.05) is 23.2 Å². The minimum Gasteiger partial charge on any atom is -0.347 e. The molecule has 0 aliphatic rings. The molecule has 1 heterocycles. The molecule has 0 unspecified atom stereocenters. The molecule has 1 aromatic heterocycles. The molecule has 2 rings (SSSR count). The lowest BCUT2D eigenvalue weighted by molar-refractivity contribution is 0.961. The summed E-state index contributed by atoms with van der Waals surface area (Å²) in [4.78, 5) is 13.9. The molecule has 0 saturated carbocycles. The lowest BCUT2D eigenvalue weighted by Crippen LogP contribution is -2.14. The van der Waals surface area contributed by atoms with E-state index in [9.17, 15) is 0 Å². The van der Waals surface area contributed by atoms with Gasteiger partial charge in [0, 0.05) is 18.6 Å². The Morgan fingerprint density at radius 3 is 2.40 bits per heavy atom. The molecule has 0 spiro atoms. The van der Waals surface area contributed by atoms with Crippen LogP contribution in [0.3, 0.4) is 0 Å². The van der Waals surface area contributed by atoms with Crippen LogP contribution in [0.2, 0.25) is 15.3 Å². The van der Waals surface area contributed by atoms with Crippen molar-refractivity contribution in [3.8, 4) is 0 Å². The van der Waals surface area contributed by atoms with Crippen LogP contribution >= 0.6 is 50.7 Å². The van der Waals surface area contributed by atoms with E-state index in [1.807, 2.05) is 0 Å². The summed E-state index contributed by atoms with van der Waals surface area (Å²) in [5.41, 5.74) is 0.576. The molecule has 20 heavy (non-hydrogen) atoms. The van der Waals surface area contributed by atoms with Crippen molar-refractivity contribution in [2.75, 3.05) is 24.3 Å². The van der Waals surface area contributed by atoms with Crippen molar-refractivity contribution < 1.29 is 0 Å². The zero-order chi connectivity index (χ0) is 14.9. The topological polar surface area (TPSA) is 53.9 Å². The van der Waals surface area contributed by atoms with E-state index in [4.69, 9.17) is 34.8 Å². The van der Waals surface area contributed by atoms with E-state index in [0.29, 0.717) is 26.2 Å². The Kier molecular flexibility index (Phi) is 4.90. The van der Waals surface area contributed by atoms with Gasteiger partial charge in [-0.3, -0.25) is 0 Å². The number of anilines is 3. The predicted octanol–water partition coefficient (Wildman–Crippen LogP) is 4.40. The first-order valence-corrected chi connectivity index (χ1v) is 7.30. The first-order chi connectivity index (χ1) is 9.38. The largest absolute Gasteiger partial charge is 0.347 e. The van der Waals surface area contributed by atoms with Gasteiger partial charge in [-0.15, -0.1) is 0 Å². The van der Waals surface area contributed by atoms with E-state index in [1.54, 1.807) is 31.1 Å². The van der Waals surface area contributed by atoms with Crippen molar-refractivity contribution in [3.63, 3.8) is 0 Å². The van der Waals surface area contributed by atoms with E-state index in [-0.39, 0.29) is 11.2 Å². The summed E-state index contributed by atoms with van der Waals surface area (Å²) in [7, 11) is 3.61. The maximum absolute atomic E-state index is 6.15. The van der Waals surface area contributed by atoms with Crippen LogP contribution in [0.15, 0.2) is 16.6 Å². The molecule has 0 aliphatic carbocycles. The fourth-order valence-corrected chi connectivity index (χ4v) is 2.32. The summed E-state index contributed by atoms with van der Waals surface area (Å²) >= 11 is 21.4. The number of hydrogen-bond donors (Lipinski definition) is 1. The lowest BCUT2D eigenvalue weighted by Gasteiger charge is -2.13. The van der Waals surface area contributed by atoms with Crippen LogP contribution in [0.25, 0.3) is 0 Å². The number of aromatic nitrogens is 3. The SMILES string of the molecule is CN(C)c1nc(Cl)nc(Nc2ccc(Br)c(Cl)c2Cl)n1. The summed E-state index contributed by atoms with van der Waals surface area (Å²) in [6, 6.07) is 3.53. The van der Waals surface area contributed by atoms with Gasteiger partial charge in [0.05, 0.1) is 15.7 Å². The van der Waals surface area contributed by atoms with Gasteiger partial charge in [-0.05, 0) is 39.7 Å². The number of rotatable bonds is 3. The molecule has 106 valence electrons. The highest BCUT2D eigenvalue weighted by atomic mass is 79.9. The van der Waals surface area contributed by atoms with Gasteiger partial charge in [0.1, 0.15) is 0 Å². The average molecular weight is 397 g/mol. The van der Waals surface area contributed by atoms with E-state index >= 15 is 0 Å². The van der Waals surface area contributed by atoms with Crippen molar-refractivity contribution in [3.05, 3.63) is 31.9 Å². The second-order valence-corrected chi connectivity index (χ2v) is 5.92. The van der Waals surface area contributed by atoms with Crippen LogP contribution in [0.5, 0.6) is 0 Å². The van der Waals surface area contributed by atoms with E-state index < -0.39 is 0 Å². The summed E-state index contributed by atoms with van der Waals surface area (Å²) in [6.07, 6.45) is 0. The number of hydrogen-bond acceptors (Lipinski definition) is 5. The quantitative estimate of drug-likeness (QED) is 0.778. The fourth-order valence-electron chi connectivity index (χ4n) is 1.34. The van der Waals surface area contributed by atoms with Crippen molar-refractivity contribution in [2.24, 2.45) is 0 Å². The molecule has 1 N–H and O–H groups in total. The third-order valence-corrected chi connectivity index (χ3v) is 4.22. The number of benzene rings is 1. The Balaban J connectivity index is 2.37. The van der Waals surface area contributed by atoms with Gasteiger partial charge in [0.15, 0.2) is 0 Å². The summed E-state index contributed by atoms with van der Waals surface area (Å²) in [6.45, 7) is 0. The Labute approximate surface area is 139 Å². The van der Waals surface area contributed by atoms with E-state index in [2.05, 4.69) is 36.2 Å². The fraction of sp³-hybridized carbons (Fsp3) is 0.182. The van der Waals surface area contributed by atoms with E-state index in [1.165, 1.54) is 0 Å². The van der Waals surface area contributed by atoms with Crippen LogP contribution in [0, 0.1) is 0 Å². The minimum absolute atomic E-state index is 0.0885. The number of nitrogens with zero attached hydrogens (tertiary/aromatic N) is 4. The summed E-state index contributed by atoms with van der Waals surface area (Å²) < 4.78 is 0.706. The third kappa shape index (κ3) is 3.44. The molecule has 1 aromatic carbocycles. The highest BCUT2D eigenvalue weighted by molar-refractivity contribution is 9.10.